The molecule has 164 valence electrons. The zero-order valence-corrected chi connectivity index (χ0v) is 18.9. The van der Waals surface area contributed by atoms with E-state index in [9.17, 15) is 4.79 Å². The van der Waals surface area contributed by atoms with E-state index in [1.807, 2.05) is 109 Å². The Morgan fingerprint density at radius 3 is 2.39 bits per heavy atom. The third-order valence-corrected chi connectivity index (χ3v) is 6.04. The number of hydrogen-bond acceptors (Lipinski definition) is 3. The van der Waals surface area contributed by atoms with Crippen molar-refractivity contribution < 1.29 is 4.79 Å². The zero-order valence-electron chi connectivity index (χ0n) is 18.9. The van der Waals surface area contributed by atoms with Gasteiger partial charge in [0.1, 0.15) is 17.7 Å². The van der Waals surface area contributed by atoms with Crippen molar-refractivity contribution in [1.82, 2.24) is 24.4 Å². The number of pyridine rings is 1. The number of imidazole rings is 1. The van der Waals surface area contributed by atoms with Crippen molar-refractivity contribution >= 4 is 16.9 Å². The first kappa shape index (κ1) is 20.7. The lowest BCUT2D eigenvalue weighted by molar-refractivity contribution is 0.0940. The summed E-state index contributed by atoms with van der Waals surface area (Å²) in [5.41, 5.74) is 5.33. The summed E-state index contributed by atoms with van der Waals surface area (Å²) in [6.07, 6.45) is 1.76. The molecule has 0 aliphatic rings. The maximum absolute atomic E-state index is 13.6. The number of benzene rings is 2. The van der Waals surface area contributed by atoms with E-state index in [0.29, 0.717) is 5.56 Å². The largest absolute Gasteiger partial charge is 0.338 e. The van der Waals surface area contributed by atoms with Crippen molar-refractivity contribution in [3.63, 3.8) is 0 Å². The van der Waals surface area contributed by atoms with Gasteiger partial charge in [0.15, 0.2) is 0 Å². The van der Waals surface area contributed by atoms with Crippen LogP contribution in [0.15, 0.2) is 85.1 Å². The molecule has 1 atom stereocenters. The summed E-state index contributed by atoms with van der Waals surface area (Å²) in [7, 11) is 1.99. The van der Waals surface area contributed by atoms with Crippen molar-refractivity contribution in [2.45, 2.75) is 19.9 Å². The molecule has 0 aliphatic heterocycles. The van der Waals surface area contributed by atoms with Crippen LogP contribution in [0.4, 0.5) is 0 Å². The van der Waals surface area contributed by atoms with E-state index in [0.717, 1.165) is 39.6 Å². The second-order valence-electron chi connectivity index (χ2n) is 8.14. The highest BCUT2D eigenvalue weighted by molar-refractivity contribution is 5.96. The normalized spacial score (nSPS) is 12.1. The smallest absolute Gasteiger partial charge is 0.253 e. The SMILES string of the molecule is Cc1cc(C(=O)NC(c2ccccc2)c2nc3ccccc3n2C)c(C)n1-c1ccccn1. The Morgan fingerprint density at radius 1 is 0.939 bits per heavy atom. The first-order valence-corrected chi connectivity index (χ1v) is 10.9. The zero-order chi connectivity index (χ0) is 22.9. The van der Waals surface area contributed by atoms with Crippen LogP contribution in [0, 0.1) is 13.8 Å². The van der Waals surface area contributed by atoms with Crippen molar-refractivity contribution in [2.75, 3.05) is 0 Å². The molecule has 0 fully saturated rings. The molecule has 0 saturated carbocycles. The molecular weight excluding hydrogens is 410 g/mol. The van der Waals surface area contributed by atoms with Gasteiger partial charge in [0.25, 0.3) is 5.91 Å². The Morgan fingerprint density at radius 2 is 1.67 bits per heavy atom. The average molecular weight is 436 g/mol. The molecule has 3 heterocycles. The minimum Gasteiger partial charge on any atom is -0.338 e. The molecule has 33 heavy (non-hydrogen) atoms. The second kappa shape index (κ2) is 8.39. The summed E-state index contributed by atoms with van der Waals surface area (Å²) in [6, 6.07) is 25.2. The predicted octanol–water partition coefficient (Wildman–Crippen LogP) is 4.90. The van der Waals surface area contributed by atoms with Gasteiger partial charge in [0, 0.05) is 24.6 Å². The fourth-order valence-electron chi connectivity index (χ4n) is 4.40. The lowest BCUT2D eigenvalue weighted by Crippen LogP contribution is -2.31. The van der Waals surface area contributed by atoms with Gasteiger partial charge in [-0.25, -0.2) is 9.97 Å². The minimum atomic E-state index is -0.394. The van der Waals surface area contributed by atoms with E-state index in [1.54, 1.807) is 6.20 Å². The fraction of sp³-hybridized carbons (Fsp3) is 0.148. The average Bonchev–Trinajstić information content (AvgIpc) is 3.34. The van der Waals surface area contributed by atoms with Gasteiger partial charge in [-0.2, -0.15) is 0 Å². The van der Waals surface area contributed by atoms with Crippen LogP contribution in [0.5, 0.6) is 0 Å². The molecule has 6 heteroatoms. The summed E-state index contributed by atoms with van der Waals surface area (Å²) < 4.78 is 4.05. The molecule has 1 N–H and O–H groups in total. The summed E-state index contributed by atoms with van der Waals surface area (Å²) in [4.78, 5) is 22.9. The van der Waals surface area contributed by atoms with Gasteiger partial charge in [-0.3, -0.25) is 4.79 Å². The number of para-hydroxylation sites is 2. The van der Waals surface area contributed by atoms with E-state index >= 15 is 0 Å². The Hall–Kier alpha value is -4.19. The second-order valence-corrected chi connectivity index (χ2v) is 8.14. The van der Waals surface area contributed by atoms with Crippen molar-refractivity contribution in [3.05, 3.63) is 113 Å². The van der Waals surface area contributed by atoms with Gasteiger partial charge >= 0.3 is 0 Å². The van der Waals surface area contributed by atoms with Crippen LogP contribution < -0.4 is 5.32 Å². The Bertz CT molecular complexity index is 1430. The van der Waals surface area contributed by atoms with Gasteiger partial charge in [0.05, 0.1) is 16.6 Å². The van der Waals surface area contributed by atoms with Gasteiger partial charge in [-0.05, 0) is 49.7 Å². The Balaban J connectivity index is 1.56. The molecule has 3 aromatic heterocycles. The third kappa shape index (κ3) is 3.69. The molecule has 0 spiro atoms. The Labute approximate surface area is 192 Å². The quantitative estimate of drug-likeness (QED) is 0.427. The number of aryl methyl sites for hydroxylation is 2. The topological polar surface area (TPSA) is 64.7 Å². The number of hydrogen-bond donors (Lipinski definition) is 1. The van der Waals surface area contributed by atoms with E-state index in [4.69, 9.17) is 4.98 Å². The summed E-state index contributed by atoms with van der Waals surface area (Å²) in [5, 5.41) is 3.24. The van der Waals surface area contributed by atoms with Crippen LogP contribution in [-0.4, -0.2) is 25.0 Å². The van der Waals surface area contributed by atoms with Crippen molar-refractivity contribution in [1.29, 1.82) is 0 Å². The number of carbonyl (C=O) groups is 1. The lowest BCUT2D eigenvalue weighted by Gasteiger charge is -2.19. The highest BCUT2D eigenvalue weighted by atomic mass is 16.1. The Kier molecular flexibility index (Phi) is 5.26. The van der Waals surface area contributed by atoms with Crippen LogP contribution in [0.25, 0.3) is 16.9 Å². The highest BCUT2D eigenvalue weighted by Crippen LogP contribution is 2.26. The number of fused-ring (bicyclic) bond motifs is 1. The molecule has 5 rings (SSSR count). The van der Waals surface area contributed by atoms with E-state index < -0.39 is 6.04 Å². The number of carbonyl (C=O) groups excluding carboxylic acids is 1. The molecular formula is C27H25N5O. The molecule has 0 radical (unpaired) electrons. The number of amides is 1. The molecule has 0 bridgehead atoms. The van der Waals surface area contributed by atoms with Gasteiger partial charge < -0.3 is 14.5 Å². The van der Waals surface area contributed by atoms with Crippen molar-refractivity contribution in [3.8, 4) is 5.82 Å². The first-order valence-electron chi connectivity index (χ1n) is 10.9. The van der Waals surface area contributed by atoms with Crippen molar-refractivity contribution in [2.24, 2.45) is 7.05 Å². The number of nitrogens with zero attached hydrogens (tertiary/aromatic N) is 4. The summed E-state index contributed by atoms with van der Waals surface area (Å²) in [6.45, 7) is 3.93. The molecule has 0 saturated heterocycles. The molecule has 1 unspecified atom stereocenters. The van der Waals surface area contributed by atoms with Crippen LogP contribution in [0.3, 0.4) is 0 Å². The highest BCUT2D eigenvalue weighted by Gasteiger charge is 2.25. The minimum absolute atomic E-state index is 0.147. The van der Waals surface area contributed by atoms with Gasteiger partial charge in [0.2, 0.25) is 0 Å². The van der Waals surface area contributed by atoms with Crippen LogP contribution in [0.1, 0.15) is 39.2 Å². The molecule has 2 aromatic carbocycles. The maximum Gasteiger partial charge on any atom is 0.253 e. The fourth-order valence-corrected chi connectivity index (χ4v) is 4.40. The van der Waals surface area contributed by atoms with Gasteiger partial charge in [-0.1, -0.05) is 48.5 Å². The molecule has 5 aromatic rings. The monoisotopic (exact) mass is 435 g/mol. The first-order chi connectivity index (χ1) is 16.0. The molecule has 6 nitrogen and oxygen atoms in total. The van der Waals surface area contributed by atoms with E-state index in [2.05, 4.69) is 10.3 Å². The standard InChI is InChI=1S/C27H25N5O/c1-18-17-21(19(2)32(18)24-15-9-10-16-28-24)27(33)30-25(20-11-5-4-6-12-20)26-29-22-13-7-8-14-23(22)31(26)3/h4-17,25H,1-3H3,(H,30,33). The summed E-state index contributed by atoms with van der Waals surface area (Å²) in [5.74, 6) is 1.43. The van der Waals surface area contributed by atoms with Crippen LogP contribution in [-0.2, 0) is 7.05 Å². The lowest BCUT2D eigenvalue weighted by atomic mass is 10.1. The van der Waals surface area contributed by atoms with Crippen LogP contribution in [0.2, 0.25) is 0 Å². The van der Waals surface area contributed by atoms with E-state index in [1.165, 1.54) is 0 Å². The van der Waals surface area contributed by atoms with Crippen LogP contribution >= 0.6 is 0 Å². The third-order valence-electron chi connectivity index (χ3n) is 6.04. The molecule has 1 amide bonds. The number of nitrogens with one attached hydrogen (secondary N) is 1. The van der Waals surface area contributed by atoms with E-state index in [-0.39, 0.29) is 5.91 Å². The number of aromatic nitrogens is 4. The number of rotatable bonds is 5. The molecule has 0 aliphatic carbocycles. The predicted molar refractivity (Wildman–Crippen MR) is 130 cm³/mol. The van der Waals surface area contributed by atoms with Gasteiger partial charge in [-0.15, -0.1) is 0 Å². The maximum atomic E-state index is 13.6. The summed E-state index contributed by atoms with van der Waals surface area (Å²) >= 11 is 0.